The SMILES string of the molecule is C.C[C@@H](NC(=O)C(C(=O)Nc1ccc(C(=N)N)cc1)c1ccccc1)c1cccc2ccccc12.O=CO. The molecule has 0 saturated heterocycles. The first kappa shape index (κ1) is 29.3. The molecule has 0 saturated carbocycles. The maximum atomic E-state index is 13.4. The molecular weight excluding hydrogens is 480 g/mol. The van der Waals surface area contributed by atoms with Crippen LogP contribution in [0.2, 0.25) is 0 Å². The molecule has 0 aliphatic heterocycles. The molecule has 4 rings (SSSR count). The van der Waals surface area contributed by atoms with Gasteiger partial charge in [-0.3, -0.25) is 19.8 Å². The molecule has 1 unspecified atom stereocenters. The number of hydrogen-bond donors (Lipinski definition) is 5. The van der Waals surface area contributed by atoms with Crippen LogP contribution in [0.15, 0.2) is 97.1 Å². The third-order valence-corrected chi connectivity index (χ3v) is 5.77. The van der Waals surface area contributed by atoms with E-state index in [1.54, 1.807) is 48.5 Å². The molecule has 8 heteroatoms. The van der Waals surface area contributed by atoms with Gasteiger partial charge in [-0.25, -0.2) is 0 Å². The zero-order chi connectivity index (χ0) is 26.8. The highest BCUT2D eigenvalue weighted by molar-refractivity contribution is 6.11. The van der Waals surface area contributed by atoms with E-state index in [2.05, 4.69) is 10.6 Å². The van der Waals surface area contributed by atoms with Crippen LogP contribution in [-0.4, -0.2) is 29.2 Å². The maximum Gasteiger partial charge on any atom is 0.290 e. The molecule has 0 aliphatic rings. The van der Waals surface area contributed by atoms with Gasteiger partial charge in [0.05, 0.1) is 6.04 Å². The van der Waals surface area contributed by atoms with Crippen LogP contribution in [0.1, 0.15) is 43.0 Å². The molecule has 0 spiro atoms. The number of carboxylic acid groups (broad SMARTS) is 1. The Morgan fingerprint density at radius 1 is 0.868 bits per heavy atom. The number of amides is 2. The van der Waals surface area contributed by atoms with Crippen LogP contribution in [-0.2, 0) is 14.4 Å². The number of nitrogen functional groups attached to an aromatic ring is 1. The lowest BCUT2D eigenvalue weighted by atomic mass is 9.95. The van der Waals surface area contributed by atoms with Crippen LogP contribution in [0.3, 0.4) is 0 Å². The minimum absolute atomic E-state index is 0. The van der Waals surface area contributed by atoms with Gasteiger partial charge in [0.25, 0.3) is 6.47 Å². The summed E-state index contributed by atoms with van der Waals surface area (Å²) in [6, 6.07) is 29.3. The van der Waals surface area contributed by atoms with Gasteiger partial charge >= 0.3 is 0 Å². The predicted molar refractivity (Wildman–Crippen MR) is 151 cm³/mol. The Kier molecular flexibility index (Phi) is 10.7. The highest BCUT2D eigenvalue weighted by atomic mass is 16.3. The van der Waals surface area contributed by atoms with Gasteiger partial charge < -0.3 is 21.5 Å². The molecule has 4 aromatic carbocycles. The van der Waals surface area contributed by atoms with Gasteiger partial charge in [-0.05, 0) is 53.1 Å². The second kappa shape index (κ2) is 13.9. The van der Waals surface area contributed by atoms with Gasteiger partial charge in [-0.2, -0.15) is 0 Å². The van der Waals surface area contributed by atoms with E-state index in [0.29, 0.717) is 16.8 Å². The Morgan fingerprint density at radius 3 is 2.08 bits per heavy atom. The van der Waals surface area contributed by atoms with Crippen molar-refractivity contribution in [3.05, 3.63) is 114 Å². The molecule has 6 N–H and O–H groups in total. The first-order chi connectivity index (χ1) is 17.8. The molecule has 0 aromatic heterocycles. The Morgan fingerprint density at radius 2 is 1.45 bits per heavy atom. The average Bonchev–Trinajstić information content (AvgIpc) is 2.90. The Hall–Kier alpha value is -4.98. The van der Waals surface area contributed by atoms with E-state index in [9.17, 15) is 9.59 Å². The summed E-state index contributed by atoms with van der Waals surface area (Å²) >= 11 is 0. The molecule has 2 atom stereocenters. The summed E-state index contributed by atoms with van der Waals surface area (Å²) in [4.78, 5) is 35.0. The minimum Gasteiger partial charge on any atom is -0.483 e. The number of amidine groups is 1. The summed E-state index contributed by atoms with van der Waals surface area (Å²) in [5.74, 6) is -1.91. The fourth-order valence-corrected chi connectivity index (χ4v) is 4.02. The van der Waals surface area contributed by atoms with E-state index in [1.165, 1.54) is 0 Å². The van der Waals surface area contributed by atoms with E-state index in [-0.39, 0.29) is 31.7 Å². The third-order valence-electron chi connectivity index (χ3n) is 5.77. The number of hydrogen-bond acceptors (Lipinski definition) is 4. The van der Waals surface area contributed by atoms with Crippen molar-refractivity contribution in [1.29, 1.82) is 5.41 Å². The summed E-state index contributed by atoms with van der Waals surface area (Å²) in [6.45, 7) is 1.67. The van der Waals surface area contributed by atoms with Gasteiger partial charge in [0, 0.05) is 11.3 Å². The number of anilines is 1. The summed E-state index contributed by atoms with van der Waals surface area (Å²) < 4.78 is 0. The largest absolute Gasteiger partial charge is 0.483 e. The minimum atomic E-state index is -1.04. The zero-order valence-corrected chi connectivity index (χ0v) is 20.2. The first-order valence-electron chi connectivity index (χ1n) is 11.5. The second-order valence-electron chi connectivity index (χ2n) is 8.23. The summed E-state index contributed by atoms with van der Waals surface area (Å²) in [6.07, 6.45) is 0. The van der Waals surface area contributed by atoms with E-state index >= 15 is 0 Å². The topological polar surface area (TPSA) is 145 Å². The Balaban J connectivity index is 0.00000121. The van der Waals surface area contributed by atoms with Crippen molar-refractivity contribution >= 4 is 40.6 Å². The monoisotopic (exact) mass is 512 g/mol. The van der Waals surface area contributed by atoms with E-state index < -0.39 is 11.8 Å². The molecule has 0 radical (unpaired) electrons. The molecule has 2 amide bonds. The van der Waals surface area contributed by atoms with Crippen LogP contribution in [0.25, 0.3) is 10.8 Å². The van der Waals surface area contributed by atoms with Crippen molar-refractivity contribution in [3.63, 3.8) is 0 Å². The van der Waals surface area contributed by atoms with Gasteiger partial charge in [0.15, 0.2) is 0 Å². The molecule has 0 bridgehead atoms. The number of nitrogens with two attached hydrogens (primary N) is 1. The molecule has 0 aliphatic carbocycles. The molecule has 38 heavy (non-hydrogen) atoms. The van der Waals surface area contributed by atoms with Crippen molar-refractivity contribution in [2.75, 3.05) is 5.32 Å². The van der Waals surface area contributed by atoms with Gasteiger partial charge in [0.1, 0.15) is 11.8 Å². The predicted octanol–water partition coefficient (Wildman–Crippen LogP) is 5.06. The lowest BCUT2D eigenvalue weighted by Crippen LogP contribution is -2.37. The highest BCUT2D eigenvalue weighted by Gasteiger charge is 2.30. The molecule has 8 nitrogen and oxygen atoms in total. The number of benzene rings is 4. The van der Waals surface area contributed by atoms with E-state index in [4.69, 9.17) is 21.0 Å². The van der Waals surface area contributed by atoms with Crippen molar-refractivity contribution in [2.24, 2.45) is 5.73 Å². The van der Waals surface area contributed by atoms with Crippen molar-refractivity contribution in [1.82, 2.24) is 5.32 Å². The van der Waals surface area contributed by atoms with Crippen molar-refractivity contribution in [3.8, 4) is 0 Å². The van der Waals surface area contributed by atoms with Gasteiger partial charge in [0.2, 0.25) is 11.8 Å². The molecule has 0 fully saturated rings. The highest BCUT2D eigenvalue weighted by Crippen LogP contribution is 2.26. The van der Waals surface area contributed by atoms with Crippen LogP contribution < -0.4 is 16.4 Å². The first-order valence-corrected chi connectivity index (χ1v) is 11.5. The molecule has 196 valence electrons. The summed E-state index contributed by atoms with van der Waals surface area (Å²) in [5, 5.41) is 22.4. The third kappa shape index (κ3) is 7.27. The molecule has 0 heterocycles. The number of nitrogens with one attached hydrogen (secondary N) is 3. The van der Waals surface area contributed by atoms with Crippen LogP contribution in [0, 0.1) is 5.41 Å². The van der Waals surface area contributed by atoms with E-state index in [1.807, 2.05) is 55.5 Å². The Bertz CT molecular complexity index is 1380. The number of rotatable bonds is 7. The lowest BCUT2D eigenvalue weighted by Gasteiger charge is -2.22. The van der Waals surface area contributed by atoms with Crippen LogP contribution in [0.4, 0.5) is 5.69 Å². The van der Waals surface area contributed by atoms with E-state index in [0.717, 1.165) is 16.3 Å². The maximum absolute atomic E-state index is 13.4. The van der Waals surface area contributed by atoms with Gasteiger partial charge in [-0.1, -0.05) is 80.2 Å². The number of fused-ring (bicyclic) bond motifs is 1. The Labute approximate surface area is 222 Å². The van der Waals surface area contributed by atoms with Crippen LogP contribution >= 0.6 is 0 Å². The number of carbonyl (C=O) groups excluding carboxylic acids is 2. The molecule has 4 aromatic rings. The summed E-state index contributed by atoms with van der Waals surface area (Å²) in [5.41, 5.74) is 8.16. The average molecular weight is 513 g/mol. The fourth-order valence-electron chi connectivity index (χ4n) is 4.02. The quantitative estimate of drug-likeness (QED) is 0.102. The lowest BCUT2D eigenvalue weighted by molar-refractivity contribution is -0.129. The van der Waals surface area contributed by atoms with Crippen LogP contribution in [0.5, 0.6) is 0 Å². The van der Waals surface area contributed by atoms with Gasteiger partial charge in [-0.15, -0.1) is 0 Å². The smallest absolute Gasteiger partial charge is 0.290 e. The van der Waals surface area contributed by atoms with Crippen molar-refractivity contribution in [2.45, 2.75) is 26.3 Å². The number of carbonyl (C=O) groups is 3. The fraction of sp³-hybridized carbons (Fsp3) is 0.133. The normalized spacial score (nSPS) is 11.5. The zero-order valence-electron chi connectivity index (χ0n) is 20.2. The van der Waals surface area contributed by atoms with Crippen molar-refractivity contribution < 1.29 is 19.5 Å². The molecular formula is C30H32N4O4. The standard InChI is InChI=1S/C28H26N4O2.CH2O2.CH4/c1-18(23-13-7-11-19-8-5-6-12-24(19)23)31-27(33)25(20-9-3-2-4-10-20)28(34)32-22-16-14-21(15-17-22)26(29)30;2-1-3;/h2-18,25H,1H3,(H3,29,30)(H,31,33)(H,32,34);1H,(H,2,3);1H4/t18-,25?;;/m1../s1. The second-order valence-corrected chi connectivity index (χ2v) is 8.23. The summed E-state index contributed by atoms with van der Waals surface area (Å²) in [7, 11) is 0.